The maximum atomic E-state index is 12.1. The van der Waals surface area contributed by atoms with Gasteiger partial charge in [0, 0.05) is 4.88 Å². The van der Waals surface area contributed by atoms with Crippen molar-refractivity contribution in [2.45, 2.75) is 20.0 Å². The van der Waals surface area contributed by atoms with Crippen molar-refractivity contribution in [3.05, 3.63) is 81.9 Å². The summed E-state index contributed by atoms with van der Waals surface area (Å²) in [6.45, 7) is 2.44. The summed E-state index contributed by atoms with van der Waals surface area (Å²) in [6, 6.07) is 17.1. The van der Waals surface area contributed by atoms with Gasteiger partial charge in [0.15, 0.2) is 5.78 Å². The highest BCUT2D eigenvalue weighted by molar-refractivity contribution is 7.14. The smallest absolute Gasteiger partial charge is 0.195 e. The van der Waals surface area contributed by atoms with Crippen LogP contribution in [0.25, 0.3) is 6.08 Å². The number of carbonyl (C=O) groups excluding carboxylic acids is 1. The van der Waals surface area contributed by atoms with E-state index in [1.807, 2.05) is 54.6 Å². The van der Waals surface area contributed by atoms with Crippen LogP contribution in [0.2, 0.25) is 0 Å². The number of hydrogen-bond acceptors (Lipinski definition) is 4. The van der Waals surface area contributed by atoms with Crippen molar-refractivity contribution in [3.8, 4) is 5.75 Å². The lowest BCUT2D eigenvalue weighted by Gasteiger charge is -2.02. The summed E-state index contributed by atoms with van der Waals surface area (Å²) in [6.07, 6.45) is 4.19. The van der Waals surface area contributed by atoms with E-state index < -0.39 is 0 Å². The van der Waals surface area contributed by atoms with Gasteiger partial charge >= 0.3 is 0 Å². The van der Waals surface area contributed by atoms with Crippen molar-refractivity contribution in [3.63, 3.8) is 0 Å². The van der Waals surface area contributed by atoms with E-state index in [-0.39, 0.29) is 5.78 Å². The van der Waals surface area contributed by atoms with Crippen LogP contribution >= 0.6 is 11.3 Å². The minimum absolute atomic E-state index is 0.00168. The van der Waals surface area contributed by atoms with E-state index in [0.29, 0.717) is 12.4 Å². The van der Waals surface area contributed by atoms with Gasteiger partial charge in [-0.1, -0.05) is 25.1 Å². The number of benzene rings is 1. The summed E-state index contributed by atoms with van der Waals surface area (Å²) >= 11 is 1.54. The highest BCUT2D eigenvalue weighted by Crippen LogP contribution is 2.19. The molecule has 0 amide bonds. The molecule has 0 radical (unpaired) electrons. The molecule has 4 heteroatoms. The van der Waals surface area contributed by atoms with Gasteiger partial charge in [-0.2, -0.15) is 0 Å². The molecule has 1 aromatic carbocycles. The van der Waals surface area contributed by atoms with E-state index in [1.165, 1.54) is 16.2 Å². The van der Waals surface area contributed by atoms with Crippen molar-refractivity contribution in [1.29, 1.82) is 0 Å². The average molecular weight is 338 g/mol. The fourth-order valence-corrected chi connectivity index (χ4v) is 3.04. The number of furan rings is 1. The molecule has 0 aliphatic rings. The second-order valence-corrected chi connectivity index (χ2v) is 6.39. The molecule has 3 nitrogen and oxygen atoms in total. The maximum Gasteiger partial charge on any atom is 0.195 e. The summed E-state index contributed by atoms with van der Waals surface area (Å²) in [5.41, 5.74) is 0. The van der Waals surface area contributed by atoms with Crippen molar-refractivity contribution >= 4 is 23.2 Å². The van der Waals surface area contributed by atoms with Gasteiger partial charge in [0.2, 0.25) is 0 Å². The number of carbonyl (C=O) groups is 1. The van der Waals surface area contributed by atoms with Crippen LogP contribution < -0.4 is 4.74 Å². The molecule has 3 aromatic rings. The highest BCUT2D eigenvalue weighted by Gasteiger charge is 2.06. The average Bonchev–Trinajstić information content (AvgIpc) is 3.28. The van der Waals surface area contributed by atoms with E-state index in [2.05, 4.69) is 6.92 Å². The zero-order valence-corrected chi connectivity index (χ0v) is 14.2. The third kappa shape index (κ3) is 4.24. The molecule has 122 valence electrons. The first-order valence-corrected chi connectivity index (χ1v) is 8.64. The van der Waals surface area contributed by atoms with E-state index in [1.54, 1.807) is 12.2 Å². The molecule has 0 saturated carbocycles. The Morgan fingerprint density at radius 2 is 1.96 bits per heavy atom. The molecule has 2 heterocycles. The molecule has 3 rings (SSSR count). The molecular formula is C20H18O3S. The largest absolute Gasteiger partial charge is 0.486 e. The van der Waals surface area contributed by atoms with Crippen LogP contribution in [0.15, 0.2) is 65.1 Å². The second kappa shape index (κ2) is 7.79. The summed E-state index contributed by atoms with van der Waals surface area (Å²) < 4.78 is 11.3. The van der Waals surface area contributed by atoms with Crippen LogP contribution in [0.5, 0.6) is 5.75 Å². The summed E-state index contributed by atoms with van der Waals surface area (Å²) in [7, 11) is 0. The van der Waals surface area contributed by atoms with E-state index in [9.17, 15) is 4.79 Å². The van der Waals surface area contributed by atoms with Crippen LogP contribution in [0, 0.1) is 0 Å². The van der Waals surface area contributed by atoms with Gasteiger partial charge in [-0.05, 0) is 55.0 Å². The minimum Gasteiger partial charge on any atom is -0.486 e. The van der Waals surface area contributed by atoms with Crippen LogP contribution in [0.1, 0.15) is 33.0 Å². The molecule has 0 unspecified atom stereocenters. The number of ether oxygens (including phenoxy) is 1. The summed E-state index contributed by atoms with van der Waals surface area (Å²) in [5.74, 6) is 2.15. The molecule has 0 bridgehead atoms. The molecule has 24 heavy (non-hydrogen) atoms. The van der Waals surface area contributed by atoms with Gasteiger partial charge in [-0.25, -0.2) is 0 Å². The van der Waals surface area contributed by atoms with Crippen molar-refractivity contribution < 1.29 is 13.9 Å². The Labute approximate surface area is 145 Å². The van der Waals surface area contributed by atoms with Crippen molar-refractivity contribution in [2.24, 2.45) is 0 Å². The normalized spacial score (nSPS) is 11.0. The quantitative estimate of drug-likeness (QED) is 0.429. The van der Waals surface area contributed by atoms with Gasteiger partial charge in [0.05, 0.1) is 4.88 Å². The fourth-order valence-electron chi connectivity index (χ4n) is 2.17. The number of rotatable bonds is 7. The third-order valence-electron chi connectivity index (χ3n) is 3.46. The zero-order valence-electron chi connectivity index (χ0n) is 13.4. The first-order chi connectivity index (χ1) is 11.7. The van der Waals surface area contributed by atoms with Crippen molar-refractivity contribution in [2.75, 3.05) is 0 Å². The van der Waals surface area contributed by atoms with Gasteiger partial charge in [-0.15, -0.1) is 11.3 Å². The number of thiophene rings is 1. The van der Waals surface area contributed by atoms with Gasteiger partial charge in [0.25, 0.3) is 0 Å². The molecular weight excluding hydrogens is 320 g/mol. The number of allylic oxidation sites excluding steroid dienone is 1. The Bertz CT molecular complexity index is 827. The zero-order chi connectivity index (χ0) is 16.8. The topological polar surface area (TPSA) is 39.4 Å². The molecule has 2 aromatic heterocycles. The van der Waals surface area contributed by atoms with Crippen LogP contribution in [0.4, 0.5) is 0 Å². The van der Waals surface area contributed by atoms with E-state index in [0.717, 1.165) is 22.8 Å². The number of hydrogen-bond donors (Lipinski definition) is 0. The lowest BCUT2D eigenvalue weighted by atomic mass is 10.2. The second-order valence-electron chi connectivity index (χ2n) is 5.22. The van der Waals surface area contributed by atoms with Crippen LogP contribution in [0.3, 0.4) is 0 Å². The summed E-state index contributed by atoms with van der Waals surface area (Å²) in [5, 5.41) is 0. The molecule has 0 aliphatic carbocycles. The van der Waals surface area contributed by atoms with E-state index >= 15 is 0 Å². The molecule has 0 fully saturated rings. The third-order valence-corrected chi connectivity index (χ3v) is 4.70. The molecule has 0 N–H and O–H groups in total. The molecule has 0 aliphatic heterocycles. The van der Waals surface area contributed by atoms with Crippen LogP contribution in [-0.2, 0) is 13.0 Å². The fraction of sp³-hybridized carbons (Fsp3) is 0.150. The lowest BCUT2D eigenvalue weighted by Crippen LogP contribution is -1.92. The standard InChI is InChI=1S/C20H18O3S/c1-2-18-11-13-20(24-18)19(21)12-10-16-8-9-17(23-16)14-22-15-6-4-3-5-7-15/h3-13H,2,14H2,1H3/b12-10+. The monoisotopic (exact) mass is 338 g/mol. The Balaban J connectivity index is 1.58. The summed E-state index contributed by atoms with van der Waals surface area (Å²) in [4.78, 5) is 14.1. The Morgan fingerprint density at radius 3 is 2.71 bits per heavy atom. The predicted molar refractivity (Wildman–Crippen MR) is 96.5 cm³/mol. The first-order valence-electron chi connectivity index (χ1n) is 7.82. The Morgan fingerprint density at radius 1 is 1.12 bits per heavy atom. The number of aryl methyl sites for hydroxylation is 1. The molecule has 0 atom stereocenters. The Kier molecular flexibility index (Phi) is 5.29. The lowest BCUT2D eigenvalue weighted by molar-refractivity contribution is 0.105. The first kappa shape index (κ1) is 16.3. The number of para-hydroxylation sites is 1. The van der Waals surface area contributed by atoms with Crippen molar-refractivity contribution in [1.82, 2.24) is 0 Å². The molecule has 0 spiro atoms. The Hall–Kier alpha value is -2.59. The maximum absolute atomic E-state index is 12.1. The highest BCUT2D eigenvalue weighted by atomic mass is 32.1. The molecule has 0 saturated heterocycles. The van der Waals surface area contributed by atoms with E-state index in [4.69, 9.17) is 9.15 Å². The SMILES string of the molecule is CCc1ccc(C(=O)/C=C/c2ccc(COc3ccccc3)o2)s1. The van der Waals surface area contributed by atoms with Gasteiger partial charge < -0.3 is 9.15 Å². The minimum atomic E-state index is -0.00168. The van der Waals surface area contributed by atoms with Crippen LogP contribution in [-0.4, -0.2) is 5.78 Å². The van der Waals surface area contributed by atoms with Gasteiger partial charge in [-0.3, -0.25) is 4.79 Å². The predicted octanol–water partition coefficient (Wildman–Crippen LogP) is 5.38. The number of ketones is 1. The van der Waals surface area contributed by atoms with Gasteiger partial charge in [0.1, 0.15) is 23.9 Å².